The van der Waals surface area contributed by atoms with Crippen LogP contribution in [0.25, 0.3) is 0 Å². The van der Waals surface area contributed by atoms with Gasteiger partial charge in [-0.25, -0.2) is 4.98 Å². The van der Waals surface area contributed by atoms with Crippen LogP contribution in [0.4, 0.5) is 11.8 Å². The van der Waals surface area contributed by atoms with Crippen LogP contribution in [0.1, 0.15) is 27.2 Å². The van der Waals surface area contributed by atoms with E-state index in [-0.39, 0.29) is 5.41 Å². The van der Waals surface area contributed by atoms with Gasteiger partial charge in [0.1, 0.15) is 10.4 Å². The van der Waals surface area contributed by atoms with E-state index in [1.54, 1.807) is 6.07 Å². The number of rotatable bonds is 4. The molecular formula is C12H19BrN4O. The fraction of sp³-hybridized carbons (Fsp3) is 0.667. The summed E-state index contributed by atoms with van der Waals surface area (Å²) in [6.45, 7) is 7.15. The minimum Gasteiger partial charge on any atom is -0.383 e. The maximum atomic E-state index is 5.69. The van der Waals surface area contributed by atoms with Gasteiger partial charge < -0.3 is 15.8 Å². The molecule has 0 amide bonds. The quantitative estimate of drug-likeness (QED) is 0.835. The lowest BCUT2D eigenvalue weighted by Crippen LogP contribution is -2.58. The number of ether oxygens (including phenoxy) is 1. The highest BCUT2D eigenvalue weighted by molar-refractivity contribution is 9.10. The number of nitrogens with one attached hydrogen (secondary N) is 1. The first kappa shape index (κ1) is 13.5. The smallest absolute Gasteiger partial charge is 0.225 e. The molecule has 0 aliphatic heterocycles. The summed E-state index contributed by atoms with van der Waals surface area (Å²) in [6, 6.07) is 1.99. The van der Waals surface area contributed by atoms with E-state index in [1.807, 2.05) is 6.92 Å². The highest BCUT2D eigenvalue weighted by Crippen LogP contribution is 2.44. The first-order valence-corrected chi connectivity index (χ1v) is 6.91. The Morgan fingerprint density at radius 3 is 2.83 bits per heavy atom. The first-order chi connectivity index (χ1) is 8.43. The third-order valence-electron chi connectivity index (χ3n) is 3.56. The van der Waals surface area contributed by atoms with Crippen molar-refractivity contribution in [3.8, 4) is 0 Å². The Morgan fingerprint density at radius 1 is 1.56 bits per heavy atom. The summed E-state index contributed by atoms with van der Waals surface area (Å²) >= 11 is 3.31. The zero-order valence-electron chi connectivity index (χ0n) is 10.9. The molecule has 0 aromatic carbocycles. The molecule has 0 spiro atoms. The van der Waals surface area contributed by atoms with E-state index in [4.69, 9.17) is 10.5 Å². The predicted molar refractivity (Wildman–Crippen MR) is 75.4 cm³/mol. The summed E-state index contributed by atoms with van der Waals surface area (Å²) < 4.78 is 6.38. The van der Waals surface area contributed by atoms with Gasteiger partial charge in [0.05, 0.1) is 6.10 Å². The van der Waals surface area contributed by atoms with Crippen molar-refractivity contribution < 1.29 is 4.74 Å². The van der Waals surface area contributed by atoms with Crippen LogP contribution in [-0.2, 0) is 4.74 Å². The van der Waals surface area contributed by atoms with E-state index in [1.165, 1.54) is 0 Å². The van der Waals surface area contributed by atoms with E-state index in [0.717, 1.165) is 13.0 Å². The SMILES string of the molecule is CCOC1CC(Nc2nc(N)cc(Br)n2)C1(C)C. The standard InChI is InChI=1S/C12H19BrN4O/c1-4-18-8-5-7(12(8,2)3)15-11-16-9(13)6-10(14)17-11/h6-8H,4-5H2,1-3H3,(H3,14,15,16,17). The summed E-state index contributed by atoms with van der Waals surface area (Å²) in [7, 11) is 0. The van der Waals surface area contributed by atoms with Crippen molar-refractivity contribution in [1.29, 1.82) is 0 Å². The van der Waals surface area contributed by atoms with Crippen LogP contribution < -0.4 is 11.1 Å². The fourth-order valence-corrected chi connectivity index (χ4v) is 2.67. The molecule has 1 heterocycles. The van der Waals surface area contributed by atoms with Crippen molar-refractivity contribution in [2.24, 2.45) is 5.41 Å². The minimum absolute atomic E-state index is 0.0798. The van der Waals surface area contributed by atoms with Crippen LogP contribution in [0.15, 0.2) is 10.7 Å². The molecule has 1 saturated carbocycles. The summed E-state index contributed by atoms with van der Waals surface area (Å²) in [6.07, 6.45) is 1.26. The highest BCUT2D eigenvalue weighted by atomic mass is 79.9. The lowest BCUT2D eigenvalue weighted by Gasteiger charge is -2.51. The van der Waals surface area contributed by atoms with E-state index < -0.39 is 0 Å². The lowest BCUT2D eigenvalue weighted by atomic mass is 9.64. The predicted octanol–water partition coefficient (Wildman–Crippen LogP) is 2.44. The van der Waals surface area contributed by atoms with E-state index >= 15 is 0 Å². The van der Waals surface area contributed by atoms with E-state index in [9.17, 15) is 0 Å². The van der Waals surface area contributed by atoms with E-state index in [0.29, 0.717) is 28.5 Å². The Hall–Kier alpha value is -0.880. The van der Waals surface area contributed by atoms with Gasteiger partial charge in [0.2, 0.25) is 5.95 Å². The molecule has 2 rings (SSSR count). The molecule has 100 valence electrons. The fourth-order valence-electron chi connectivity index (χ4n) is 2.27. The molecule has 2 unspecified atom stereocenters. The molecule has 1 aliphatic rings. The Labute approximate surface area is 116 Å². The maximum Gasteiger partial charge on any atom is 0.225 e. The molecule has 1 aromatic rings. The van der Waals surface area contributed by atoms with Gasteiger partial charge in [-0.15, -0.1) is 0 Å². The van der Waals surface area contributed by atoms with Gasteiger partial charge in [-0.05, 0) is 29.3 Å². The second-order valence-electron chi connectivity index (χ2n) is 5.14. The molecule has 5 nitrogen and oxygen atoms in total. The van der Waals surface area contributed by atoms with Crippen molar-refractivity contribution in [2.45, 2.75) is 39.3 Å². The number of nitrogen functional groups attached to an aromatic ring is 1. The van der Waals surface area contributed by atoms with Crippen LogP contribution in [0.3, 0.4) is 0 Å². The molecule has 0 bridgehead atoms. The Morgan fingerprint density at radius 2 is 2.28 bits per heavy atom. The van der Waals surface area contributed by atoms with Crippen LogP contribution >= 0.6 is 15.9 Å². The van der Waals surface area contributed by atoms with Gasteiger partial charge >= 0.3 is 0 Å². The number of hydrogen-bond donors (Lipinski definition) is 2. The highest BCUT2D eigenvalue weighted by Gasteiger charge is 2.49. The van der Waals surface area contributed by atoms with Crippen LogP contribution in [0, 0.1) is 5.41 Å². The van der Waals surface area contributed by atoms with Gasteiger partial charge in [-0.1, -0.05) is 13.8 Å². The minimum atomic E-state index is 0.0798. The third kappa shape index (κ3) is 2.59. The second kappa shape index (κ2) is 5.01. The topological polar surface area (TPSA) is 73.1 Å². The van der Waals surface area contributed by atoms with Gasteiger partial charge in [0.15, 0.2) is 0 Å². The Kier molecular flexibility index (Phi) is 3.77. The molecule has 1 fully saturated rings. The van der Waals surface area contributed by atoms with Crippen molar-refractivity contribution >= 4 is 27.7 Å². The normalized spacial score (nSPS) is 25.6. The molecule has 18 heavy (non-hydrogen) atoms. The van der Waals surface area contributed by atoms with Crippen molar-refractivity contribution in [1.82, 2.24) is 9.97 Å². The molecule has 0 saturated heterocycles. The van der Waals surface area contributed by atoms with Gasteiger partial charge in [-0.3, -0.25) is 0 Å². The summed E-state index contributed by atoms with van der Waals surface area (Å²) in [4.78, 5) is 8.44. The van der Waals surface area contributed by atoms with Crippen LogP contribution in [-0.4, -0.2) is 28.7 Å². The zero-order valence-corrected chi connectivity index (χ0v) is 12.5. The average molecular weight is 315 g/mol. The monoisotopic (exact) mass is 314 g/mol. The number of halogens is 1. The Balaban J connectivity index is 2.03. The largest absolute Gasteiger partial charge is 0.383 e. The average Bonchev–Trinajstić information content (AvgIpc) is 2.26. The number of hydrogen-bond acceptors (Lipinski definition) is 5. The zero-order chi connectivity index (χ0) is 13.3. The number of nitrogens with zero attached hydrogens (tertiary/aromatic N) is 2. The molecular weight excluding hydrogens is 296 g/mol. The van der Waals surface area contributed by atoms with Gasteiger partial charge in [-0.2, -0.15) is 4.98 Å². The second-order valence-corrected chi connectivity index (χ2v) is 5.95. The molecule has 1 aliphatic carbocycles. The number of anilines is 2. The lowest BCUT2D eigenvalue weighted by molar-refractivity contribution is -0.0977. The van der Waals surface area contributed by atoms with E-state index in [2.05, 4.69) is 45.1 Å². The summed E-state index contributed by atoms with van der Waals surface area (Å²) in [5.41, 5.74) is 5.77. The number of nitrogens with two attached hydrogens (primary N) is 1. The van der Waals surface area contributed by atoms with Gasteiger partial charge in [0, 0.05) is 24.1 Å². The third-order valence-corrected chi connectivity index (χ3v) is 3.97. The molecule has 2 atom stereocenters. The van der Waals surface area contributed by atoms with Crippen molar-refractivity contribution in [2.75, 3.05) is 17.7 Å². The molecule has 3 N–H and O–H groups in total. The van der Waals surface area contributed by atoms with Crippen LogP contribution in [0.5, 0.6) is 0 Å². The van der Waals surface area contributed by atoms with Crippen molar-refractivity contribution in [3.05, 3.63) is 10.7 Å². The van der Waals surface area contributed by atoms with Gasteiger partial charge in [0.25, 0.3) is 0 Å². The van der Waals surface area contributed by atoms with Crippen molar-refractivity contribution in [3.63, 3.8) is 0 Å². The summed E-state index contributed by atoms with van der Waals surface area (Å²) in [5.74, 6) is 1.02. The molecule has 6 heteroatoms. The summed E-state index contributed by atoms with van der Waals surface area (Å²) in [5, 5.41) is 3.33. The Bertz CT molecular complexity index is 418. The maximum absolute atomic E-state index is 5.69. The molecule has 0 radical (unpaired) electrons. The number of aromatic nitrogens is 2. The molecule has 1 aromatic heterocycles. The van der Waals surface area contributed by atoms with Crippen LogP contribution in [0.2, 0.25) is 0 Å². The first-order valence-electron chi connectivity index (χ1n) is 6.11.